The Balaban J connectivity index is 0.000000383. The molecule has 0 saturated carbocycles. The zero-order valence-electron chi connectivity index (χ0n) is 17.5. The third-order valence-electron chi connectivity index (χ3n) is 4.85. The standard InChI is InChI=1S/C18H19N7O.C2HF3O2/c1-13-21-16-15(17(26)25(13)12-19)24(11-14-5-3-2-4-6-14)18(22-16)23-9-7-20-8-10-23;3-2(4,5)1(6)7/h2-6,20H,7-11H2,1H3;(H,6,7). The van der Waals surface area contributed by atoms with E-state index < -0.39 is 12.1 Å². The van der Waals surface area contributed by atoms with Gasteiger partial charge in [0.2, 0.25) is 5.95 Å². The highest BCUT2D eigenvalue weighted by molar-refractivity contribution is 5.75. The molecule has 0 spiro atoms. The van der Waals surface area contributed by atoms with Crippen LogP contribution in [0.2, 0.25) is 0 Å². The second kappa shape index (κ2) is 9.70. The first-order valence-electron chi connectivity index (χ1n) is 9.83. The van der Waals surface area contributed by atoms with Gasteiger partial charge in [-0.25, -0.2) is 9.78 Å². The fraction of sp³-hybridized carbons (Fsp3) is 0.350. The van der Waals surface area contributed by atoms with Crippen molar-refractivity contribution in [3.8, 4) is 6.19 Å². The number of piperazine rings is 1. The molecule has 174 valence electrons. The number of benzene rings is 1. The van der Waals surface area contributed by atoms with E-state index in [9.17, 15) is 23.2 Å². The first-order chi connectivity index (χ1) is 15.6. The Kier molecular flexibility index (Phi) is 6.98. The summed E-state index contributed by atoms with van der Waals surface area (Å²) in [6, 6.07) is 9.92. The average molecular weight is 463 g/mol. The third-order valence-corrected chi connectivity index (χ3v) is 4.85. The van der Waals surface area contributed by atoms with Gasteiger partial charge in [0.15, 0.2) is 17.4 Å². The molecule has 13 heteroatoms. The number of aromatic nitrogens is 4. The maximum absolute atomic E-state index is 12.9. The number of halogens is 3. The molecule has 1 aromatic carbocycles. The molecule has 0 amide bonds. The Morgan fingerprint density at radius 3 is 2.36 bits per heavy atom. The van der Waals surface area contributed by atoms with Gasteiger partial charge >= 0.3 is 12.1 Å². The summed E-state index contributed by atoms with van der Waals surface area (Å²) in [5, 5.41) is 19.8. The number of nitrogens with zero attached hydrogens (tertiary/aromatic N) is 6. The van der Waals surface area contributed by atoms with E-state index in [0.29, 0.717) is 23.5 Å². The summed E-state index contributed by atoms with van der Waals surface area (Å²) in [4.78, 5) is 33.0. The van der Waals surface area contributed by atoms with Gasteiger partial charge in [-0.1, -0.05) is 30.3 Å². The number of aliphatic carboxylic acids is 1. The van der Waals surface area contributed by atoms with Gasteiger partial charge in [0.25, 0.3) is 5.56 Å². The highest BCUT2D eigenvalue weighted by Gasteiger charge is 2.38. The Hall–Kier alpha value is -3.92. The van der Waals surface area contributed by atoms with E-state index in [1.54, 1.807) is 6.92 Å². The molecule has 3 aromatic rings. The zero-order chi connectivity index (χ0) is 24.2. The van der Waals surface area contributed by atoms with Crippen molar-refractivity contribution in [1.29, 1.82) is 5.26 Å². The summed E-state index contributed by atoms with van der Waals surface area (Å²) in [6.45, 7) is 5.49. The van der Waals surface area contributed by atoms with E-state index in [-0.39, 0.29) is 5.56 Å². The molecule has 1 fully saturated rings. The van der Waals surface area contributed by atoms with Crippen molar-refractivity contribution in [3.05, 3.63) is 52.1 Å². The van der Waals surface area contributed by atoms with Gasteiger partial charge in [-0.3, -0.25) is 9.36 Å². The summed E-state index contributed by atoms with van der Waals surface area (Å²) in [7, 11) is 0. The molecule has 4 rings (SSSR count). The number of fused-ring (bicyclic) bond motifs is 1. The number of alkyl halides is 3. The number of imidazole rings is 1. The van der Waals surface area contributed by atoms with Crippen LogP contribution in [0.1, 0.15) is 11.4 Å². The van der Waals surface area contributed by atoms with Crippen molar-refractivity contribution in [2.75, 3.05) is 31.1 Å². The van der Waals surface area contributed by atoms with Crippen molar-refractivity contribution in [1.82, 2.24) is 24.4 Å². The van der Waals surface area contributed by atoms with Gasteiger partial charge in [0.05, 0.1) is 6.54 Å². The molecular formula is C20H20F3N7O3. The fourth-order valence-corrected chi connectivity index (χ4v) is 3.31. The second-order valence-corrected chi connectivity index (χ2v) is 7.10. The van der Waals surface area contributed by atoms with Gasteiger partial charge in [0.1, 0.15) is 5.82 Å². The highest BCUT2D eigenvalue weighted by Crippen LogP contribution is 2.22. The summed E-state index contributed by atoms with van der Waals surface area (Å²) < 4.78 is 34.6. The lowest BCUT2D eigenvalue weighted by Crippen LogP contribution is -2.44. The van der Waals surface area contributed by atoms with Crippen molar-refractivity contribution < 1.29 is 23.1 Å². The molecule has 0 unspecified atom stereocenters. The number of carboxylic acids is 1. The molecule has 0 radical (unpaired) electrons. The molecule has 2 aromatic heterocycles. The summed E-state index contributed by atoms with van der Waals surface area (Å²) in [6.07, 6.45) is -3.17. The predicted molar refractivity (Wildman–Crippen MR) is 112 cm³/mol. The van der Waals surface area contributed by atoms with Crippen molar-refractivity contribution in [2.24, 2.45) is 0 Å². The maximum atomic E-state index is 12.9. The molecule has 0 atom stereocenters. The zero-order valence-corrected chi connectivity index (χ0v) is 17.5. The molecule has 1 saturated heterocycles. The maximum Gasteiger partial charge on any atom is 0.490 e. The van der Waals surface area contributed by atoms with E-state index in [0.717, 1.165) is 42.3 Å². The molecule has 1 aliphatic rings. The van der Waals surface area contributed by atoms with Gasteiger partial charge in [-0.05, 0) is 12.5 Å². The first-order valence-corrected chi connectivity index (χ1v) is 9.83. The minimum atomic E-state index is -5.08. The summed E-state index contributed by atoms with van der Waals surface area (Å²) in [5.41, 5.74) is 1.45. The van der Waals surface area contributed by atoms with E-state index in [1.807, 2.05) is 41.1 Å². The SMILES string of the molecule is Cc1nc2nc(N3CCNCC3)n(Cc3ccccc3)c2c(=O)n1C#N.O=C(O)C(F)(F)F. The van der Waals surface area contributed by atoms with E-state index in [1.165, 1.54) is 0 Å². The number of anilines is 1. The van der Waals surface area contributed by atoms with Crippen LogP contribution in [0, 0.1) is 18.4 Å². The molecule has 2 N–H and O–H groups in total. The summed E-state index contributed by atoms with van der Waals surface area (Å²) >= 11 is 0. The van der Waals surface area contributed by atoms with E-state index in [2.05, 4.69) is 20.2 Å². The van der Waals surface area contributed by atoms with Gasteiger partial charge in [-0.15, -0.1) is 0 Å². The van der Waals surface area contributed by atoms with Crippen LogP contribution in [-0.2, 0) is 11.3 Å². The van der Waals surface area contributed by atoms with Crippen molar-refractivity contribution in [3.63, 3.8) is 0 Å². The number of hydrogen-bond acceptors (Lipinski definition) is 7. The number of hydrogen-bond donors (Lipinski definition) is 2. The molecule has 10 nitrogen and oxygen atoms in total. The topological polar surface area (TPSA) is 129 Å². The van der Waals surface area contributed by atoms with Crippen LogP contribution < -0.4 is 15.8 Å². The Morgan fingerprint density at radius 1 is 1.21 bits per heavy atom. The van der Waals surface area contributed by atoms with Crippen LogP contribution in [0.15, 0.2) is 35.1 Å². The highest BCUT2D eigenvalue weighted by atomic mass is 19.4. The summed E-state index contributed by atoms with van der Waals surface area (Å²) in [5.74, 6) is -1.68. The number of nitriles is 1. The lowest BCUT2D eigenvalue weighted by molar-refractivity contribution is -0.192. The lowest BCUT2D eigenvalue weighted by atomic mass is 10.2. The smallest absolute Gasteiger partial charge is 0.475 e. The second-order valence-electron chi connectivity index (χ2n) is 7.10. The minimum absolute atomic E-state index is 0.348. The van der Waals surface area contributed by atoms with Crippen LogP contribution in [0.3, 0.4) is 0 Å². The largest absolute Gasteiger partial charge is 0.490 e. The Bertz CT molecular complexity index is 1240. The van der Waals surface area contributed by atoms with Gasteiger partial charge < -0.3 is 15.3 Å². The molecule has 33 heavy (non-hydrogen) atoms. The number of nitrogens with one attached hydrogen (secondary N) is 1. The quantitative estimate of drug-likeness (QED) is 0.595. The molecule has 1 aliphatic heterocycles. The average Bonchev–Trinajstić information content (AvgIpc) is 3.13. The molecule has 0 aliphatic carbocycles. The number of carboxylic acid groups (broad SMARTS) is 1. The van der Waals surface area contributed by atoms with Crippen LogP contribution in [0.5, 0.6) is 0 Å². The lowest BCUT2D eigenvalue weighted by Gasteiger charge is -2.28. The van der Waals surface area contributed by atoms with E-state index >= 15 is 0 Å². The van der Waals surface area contributed by atoms with Gasteiger partial charge in [-0.2, -0.15) is 28.0 Å². The normalized spacial score (nSPS) is 13.8. The molecule has 0 bridgehead atoms. The van der Waals surface area contributed by atoms with Crippen molar-refractivity contribution >= 4 is 23.1 Å². The first kappa shape index (κ1) is 23.7. The van der Waals surface area contributed by atoms with Crippen LogP contribution in [0.25, 0.3) is 11.2 Å². The van der Waals surface area contributed by atoms with Crippen LogP contribution in [-0.4, -0.2) is 62.5 Å². The van der Waals surface area contributed by atoms with E-state index in [4.69, 9.17) is 9.90 Å². The fourth-order valence-electron chi connectivity index (χ4n) is 3.31. The predicted octanol–water partition coefficient (Wildman–Crippen LogP) is 1.32. The molecule has 3 heterocycles. The van der Waals surface area contributed by atoms with Crippen LogP contribution in [0.4, 0.5) is 19.1 Å². The van der Waals surface area contributed by atoms with Crippen molar-refractivity contribution in [2.45, 2.75) is 19.6 Å². The molecular weight excluding hydrogens is 443 g/mol. The number of aryl methyl sites for hydroxylation is 1. The third kappa shape index (κ3) is 5.29. The van der Waals surface area contributed by atoms with Gasteiger partial charge in [0, 0.05) is 26.2 Å². The van der Waals surface area contributed by atoms with Crippen LogP contribution >= 0.6 is 0 Å². The Labute approximate surface area is 185 Å². The minimum Gasteiger partial charge on any atom is -0.475 e. The number of carbonyl (C=O) groups is 1. The number of rotatable bonds is 3. The Morgan fingerprint density at radius 2 is 1.82 bits per heavy atom. The monoisotopic (exact) mass is 463 g/mol.